The molecule has 17 heavy (non-hydrogen) atoms. The number of rotatable bonds is 5. The van der Waals surface area contributed by atoms with Crippen molar-refractivity contribution in [1.82, 2.24) is 9.78 Å². The predicted molar refractivity (Wildman–Crippen MR) is 69.3 cm³/mol. The first-order chi connectivity index (χ1) is 8.20. The van der Waals surface area contributed by atoms with E-state index < -0.39 is 0 Å². The summed E-state index contributed by atoms with van der Waals surface area (Å²) in [4.78, 5) is 0. The van der Waals surface area contributed by atoms with Crippen LogP contribution in [0, 0.1) is 0 Å². The van der Waals surface area contributed by atoms with E-state index in [4.69, 9.17) is 16.3 Å². The molecule has 96 valence electrons. The number of hydrogen-bond donors (Lipinski definition) is 0. The maximum atomic E-state index is 6.19. The molecule has 0 amide bonds. The average Bonchev–Trinajstić information content (AvgIpc) is 2.95. The predicted octanol–water partition coefficient (Wildman–Crippen LogP) is 3.97. The van der Waals surface area contributed by atoms with Crippen LogP contribution in [0.15, 0.2) is 6.20 Å². The molecule has 0 aromatic carbocycles. The first-order valence-corrected chi connectivity index (χ1v) is 6.93. The van der Waals surface area contributed by atoms with Gasteiger partial charge in [-0.2, -0.15) is 5.10 Å². The lowest BCUT2D eigenvalue weighted by Crippen LogP contribution is -2.08. The van der Waals surface area contributed by atoms with Crippen LogP contribution < -0.4 is 0 Å². The van der Waals surface area contributed by atoms with Crippen LogP contribution >= 0.6 is 11.6 Å². The monoisotopic (exact) mass is 256 g/mol. The molecule has 2 rings (SSSR count). The van der Waals surface area contributed by atoms with Gasteiger partial charge in [0.25, 0.3) is 0 Å². The second-order valence-corrected chi connectivity index (χ2v) is 5.28. The van der Waals surface area contributed by atoms with Gasteiger partial charge in [0, 0.05) is 6.20 Å². The Bertz CT molecular complexity index is 358. The normalized spacial score (nSPS) is 18.8. The van der Waals surface area contributed by atoms with E-state index in [1.807, 2.05) is 10.9 Å². The molecule has 0 aliphatic heterocycles. The molecule has 0 spiro atoms. The van der Waals surface area contributed by atoms with E-state index in [2.05, 4.69) is 18.9 Å². The van der Waals surface area contributed by atoms with Crippen LogP contribution in [0.5, 0.6) is 0 Å². The van der Waals surface area contributed by atoms with Gasteiger partial charge in [0.1, 0.15) is 5.69 Å². The fourth-order valence-electron chi connectivity index (χ4n) is 2.20. The average molecular weight is 257 g/mol. The molecule has 1 atom stereocenters. The van der Waals surface area contributed by atoms with Crippen molar-refractivity contribution >= 4 is 11.6 Å². The van der Waals surface area contributed by atoms with Gasteiger partial charge in [-0.3, -0.25) is 4.68 Å². The molecule has 0 unspecified atom stereocenters. The summed E-state index contributed by atoms with van der Waals surface area (Å²) in [5, 5.41) is 5.29. The van der Waals surface area contributed by atoms with Gasteiger partial charge >= 0.3 is 0 Å². The van der Waals surface area contributed by atoms with Gasteiger partial charge in [0.05, 0.1) is 23.8 Å². The molecule has 0 bridgehead atoms. The molecule has 1 aromatic rings. The third-order valence-corrected chi connectivity index (χ3v) is 3.85. The number of hydrogen-bond acceptors (Lipinski definition) is 2. The topological polar surface area (TPSA) is 27.1 Å². The van der Waals surface area contributed by atoms with Crippen LogP contribution in [-0.4, -0.2) is 15.9 Å². The maximum Gasteiger partial charge on any atom is 0.107 e. The van der Waals surface area contributed by atoms with Gasteiger partial charge in [-0.1, -0.05) is 31.4 Å². The molecule has 3 nitrogen and oxygen atoms in total. The minimum atomic E-state index is 0.266. The lowest BCUT2D eigenvalue weighted by molar-refractivity contribution is 0.0485. The summed E-state index contributed by atoms with van der Waals surface area (Å²) in [6, 6.07) is 0.546. The smallest absolute Gasteiger partial charge is 0.107 e. The minimum Gasteiger partial charge on any atom is -0.372 e. The third kappa shape index (κ3) is 3.23. The highest BCUT2D eigenvalue weighted by Crippen LogP contribution is 2.30. The van der Waals surface area contributed by atoms with E-state index in [-0.39, 0.29) is 6.10 Å². The van der Waals surface area contributed by atoms with Crippen LogP contribution in [0.2, 0.25) is 5.02 Å². The van der Waals surface area contributed by atoms with E-state index in [1.165, 1.54) is 25.7 Å². The Morgan fingerprint density at radius 3 is 2.88 bits per heavy atom. The Kier molecular flexibility index (Phi) is 4.46. The van der Waals surface area contributed by atoms with E-state index in [1.54, 1.807) is 0 Å². The molecule has 1 heterocycles. The molecule has 1 aromatic heterocycles. The molecular formula is C13H21ClN2O. The summed E-state index contributed by atoms with van der Waals surface area (Å²) in [5.74, 6) is 0. The van der Waals surface area contributed by atoms with Crippen LogP contribution in [0.25, 0.3) is 0 Å². The van der Waals surface area contributed by atoms with Crippen LogP contribution in [0.3, 0.4) is 0 Å². The van der Waals surface area contributed by atoms with Crippen molar-refractivity contribution in [3.8, 4) is 0 Å². The molecule has 0 N–H and O–H groups in total. The molecule has 4 heteroatoms. The number of aromatic nitrogens is 2. The van der Waals surface area contributed by atoms with Crippen molar-refractivity contribution in [2.24, 2.45) is 0 Å². The summed E-state index contributed by atoms with van der Waals surface area (Å²) < 4.78 is 7.71. The zero-order valence-electron chi connectivity index (χ0n) is 10.7. The fourth-order valence-corrected chi connectivity index (χ4v) is 2.39. The molecule has 1 saturated carbocycles. The highest BCUT2D eigenvalue weighted by Gasteiger charge is 2.19. The first-order valence-electron chi connectivity index (χ1n) is 6.55. The van der Waals surface area contributed by atoms with E-state index >= 15 is 0 Å². The standard InChI is InChI=1S/C13H21ClN2O/c1-3-10(2)17-9-13-12(14)8-16(15-13)11-6-4-5-7-11/h8,10-11H,3-7,9H2,1-2H3/t10-/m1/s1. The van der Waals surface area contributed by atoms with Crippen molar-refractivity contribution in [1.29, 1.82) is 0 Å². The molecule has 1 fully saturated rings. The number of nitrogens with zero attached hydrogens (tertiary/aromatic N) is 2. The van der Waals surface area contributed by atoms with Gasteiger partial charge in [-0.15, -0.1) is 0 Å². The van der Waals surface area contributed by atoms with Crippen LogP contribution in [0.1, 0.15) is 57.7 Å². The summed E-state index contributed by atoms with van der Waals surface area (Å²) >= 11 is 6.19. The minimum absolute atomic E-state index is 0.266. The quantitative estimate of drug-likeness (QED) is 0.797. The lowest BCUT2D eigenvalue weighted by atomic mass is 10.3. The molecule has 1 aliphatic rings. The van der Waals surface area contributed by atoms with Gasteiger partial charge < -0.3 is 4.74 Å². The summed E-state index contributed by atoms with van der Waals surface area (Å²) in [6.45, 7) is 4.71. The lowest BCUT2D eigenvalue weighted by Gasteiger charge is -2.10. The van der Waals surface area contributed by atoms with Gasteiger partial charge in [0.2, 0.25) is 0 Å². The zero-order chi connectivity index (χ0) is 12.3. The Labute approximate surface area is 108 Å². The van der Waals surface area contributed by atoms with Gasteiger partial charge in [0.15, 0.2) is 0 Å². The second kappa shape index (κ2) is 5.87. The van der Waals surface area contributed by atoms with Crippen LogP contribution in [0.4, 0.5) is 0 Å². The number of halogens is 1. The first kappa shape index (κ1) is 12.9. The largest absolute Gasteiger partial charge is 0.372 e. The van der Waals surface area contributed by atoms with Crippen molar-refractivity contribution < 1.29 is 4.74 Å². The van der Waals surface area contributed by atoms with Crippen molar-refractivity contribution in [3.05, 3.63) is 16.9 Å². The van der Waals surface area contributed by atoms with Crippen LogP contribution in [-0.2, 0) is 11.3 Å². The molecular weight excluding hydrogens is 236 g/mol. The van der Waals surface area contributed by atoms with Crippen molar-refractivity contribution in [2.45, 2.75) is 64.7 Å². The van der Waals surface area contributed by atoms with Gasteiger partial charge in [-0.25, -0.2) is 0 Å². The molecule has 0 saturated heterocycles. The molecule has 1 aliphatic carbocycles. The highest BCUT2D eigenvalue weighted by molar-refractivity contribution is 6.31. The third-order valence-electron chi connectivity index (χ3n) is 3.54. The number of ether oxygens (including phenoxy) is 1. The van der Waals surface area contributed by atoms with E-state index in [9.17, 15) is 0 Å². The Morgan fingerprint density at radius 1 is 1.53 bits per heavy atom. The summed E-state index contributed by atoms with van der Waals surface area (Å²) in [6.07, 6.45) is 8.30. The zero-order valence-corrected chi connectivity index (χ0v) is 11.4. The highest BCUT2D eigenvalue weighted by atomic mass is 35.5. The summed E-state index contributed by atoms with van der Waals surface area (Å²) in [7, 11) is 0. The van der Waals surface area contributed by atoms with E-state index in [0.29, 0.717) is 12.6 Å². The second-order valence-electron chi connectivity index (χ2n) is 4.87. The Morgan fingerprint density at radius 2 is 2.24 bits per heavy atom. The molecule has 0 radical (unpaired) electrons. The maximum absolute atomic E-state index is 6.19. The Hall–Kier alpha value is -0.540. The SMILES string of the molecule is CC[C@@H](C)OCc1nn(C2CCCC2)cc1Cl. The van der Waals surface area contributed by atoms with E-state index in [0.717, 1.165) is 17.1 Å². The van der Waals surface area contributed by atoms with Crippen molar-refractivity contribution in [3.63, 3.8) is 0 Å². The van der Waals surface area contributed by atoms with Gasteiger partial charge in [-0.05, 0) is 26.2 Å². The fraction of sp³-hybridized carbons (Fsp3) is 0.769. The van der Waals surface area contributed by atoms with Crippen molar-refractivity contribution in [2.75, 3.05) is 0 Å². The Balaban J connectivity index is 1.97. The summed E-state index contributed by atoms with van der Waals surface area (Å²) in [5.41, 5.74) is 0.874.